The zero-order valence-corrected chi connectivity index (χ0v) is 14.7. The van der Waals surface area contributed by atoms with Crippen molar-refractivity contribution in [2.45, 2.75) is 45.6 Å². The first-order valence-corrected chi connectivity index (χ1v) is 9.55. The number of rotatable bonds is 10. The summed E-state index contributed by atoms with van der Waals surface area (Å²) in [6.45, 7) is 4.74. The molecule has 1 aromatic rings. The van der Waals surface area contributed by atoms with E-state index in [1.165, 1.54) is 29.9 Å². The lowest BCUT2D eigenvalue weighted by Crippen LogP contribution is -2.24. The van der Waals surface area contributed by atoms with Crippen LogP contribution in [-0.4, -0.2) is 35.5 Å². The molecule has 0 aromatic carbocycles. The van der Waals surface area contributed by atoms with Crippen LogP contribution in [-0.2, 0) is 0 Å². The number of anilines is 2. The average molecular weight is 331 g/mol. The Hall–Kier alpha value is -0.950. The van der Waals surface area contributed by atoms with E-state index in [-0.39, 0.29) is 11.9 Å². The van der Waals surface area contributed by atoms with E-state index in [4.69, 9.17) is 5.73 Å². The van der Waals surface area contributed by atoms with Gasteiger partial charge in [0.25, 0.3) is 5.91 Å². The molecule has 0 atom stereocenters. The molecule has 1 amide bonds. The van der Waals surface area contributed by atoms with Crippen molar-refractivity contribution in [3.8, 4) is 0 Å². The van der Waals surface area contributed by atoms with Crippen molar-refractivity contribution in [1.82, 2.24) is 10.3 Å². The number of thioether (sulfide) groups is 1. The van der Waals surface area contributed by atoms with Gasteiger partial charge in [0.05, 0.1) is 0 Å². The summed E-state index contributed by atoms with van der Waals surface area (Å²) in [4.78, 5) is 16.7. The number of amides is 1. The van der Waals surface area contributed by atoms with Crippen molar-refractivity contribution in [2.24, 2.45) is 0 Å². The summed E-state index contributed by atoms with van der Waals surface area (Å²) in [5.74, 6) is 1.40. The van der Waals surface area contributed by atoms with Crippen molar-refractivity contribution >= 4 is 40.0 Å². The first-order valence-electron chi connectivity index (χ1n) is 7.34. The topological polar surface area (TPSA) is 80.0 Å². The lowest BCUT2D eigenvalue weighted by Gasteiger charge is -2.04. The SMILES string of the molecule is CSCCCCCCNC(=O)c1sc(NC(C)C)nc1N. The highest BCUT2D eigenvalue weighted by Gasteiger charge is 2.15. The molecule has 0 aliphatic rings. The number of nitrogens with two attached hydrogens (primary N) is 1. The Morgan fingerprint density at radius 1 is 1.33 bits per heavy atom. The summed E-state index contributed by atoms with van der Waals surface area (Å²) in [6, 6.07) is 0.271. The Morgan fingerprint density at radius 2 is 2.05 bits per heavy atom. The maximum Gasteiger partial charge on any atom is 0.265 e. The second-order valence-corrected chi connectivity index (χ2v) is 7.18. The molecule has 4 N–H and O–H groups in total. The summed E-state index contributed by atoms with van der Waals surface area (Å²) >= 11 is 3.19. The molecule has 1 aromatic heterocycles. The van der Waals surface area contributed by atoms with Crippen LogP contribution in [0.4, 0.5) is 10.9 Å². The van der Waals surface area contributed by atoms with Crippen molar-refractivity contribution in [3.05, 3.63) is 4.88 Å². The van der Waals surface area contributed by atoms with Crippen molar-refractivity contribution in [3.63, 3.8) is 0 Å². The fourth-order valence-electron chi connectivity index (χ4n) is 1.81. The highest BCUT2D eigenvalue weighted by molar-refractivity contribution is 7.98. The quantitative estimate of drug-likeness (QED) is 0.574. The molecule has 5 nitrogen and oxygen atoms in total. The van der Waals surface area contributed by atoms with Crippen LogP contribution >= 0.6 is 23.1 Å². The Kier molecular flexibility index (Phi) is 8.52. The van der Waals surface area contributed by atoms with Crippen LogP contribution in [0, 0.1) is 0 Å². The van der Waals surface area contributed by atoms with Gasteiger partial charge in [0.1, 0.15) is 10.7 Å². The van der Waals surface area contributed by atoms with Gasteiger partial charge in [0, 0.05) is 12.6 Å². The maximum atomic E-state index is 12.0. The van der Waals surface area contributed by atoms with Gasteiger partial charge in [0.15, 0.2) is 5.13 Å². The van der Waals surface area contributed by atoms with Crippen LogP contribution in [0.25, 0.3) is 0 Å². The Bertz CT molecular complexity index is 435. The molecule has 7 heteroatoms. The molecule has 1 rings (SSSR count). The van der Waals surface area contributed by atoms with Crippen LogP contribution in [0.5, 0.6) is 0 Å². The number of nitrogen functional groups attached to an aromatic ring is 1. The minimum absolute atomic E-state index is 0.120. The molecule has 0 bridgehead atoms. The number of nitrogens with zero attached hydrogens (tertiary/aromatic N) is 1. The summed E-state index contributed by atoms with van der Waals surface area (Å²) in [7, 11) is 0. The smallest absolute Gasteiger partial charge is 0.265 e. The molecular formula is C14H26N4OS2. The van der Waals surface area contributed by atoms with Gasteiger partial charge in [-0.3, -0.25) is 4.79 Å². The molecule has 0 saturated heterocycles. The third-order valence-corrected chi connectivity index (χ3v) is 4.53. The molecule has 0 saturated carbocycles. The van der Waals surface area contributed by atoms with Crippen LogP contribution in [0.15, 0.2) is 0 Å². The second-order valence-electron chi connectivity index (χ2n) is 5.20. The van der Waals surface area contributed by atoms with E-state index in [1.54, 1.807) is 0 Å². The Balaban J connectivity index is 2.30. The zero-order valence-electron chi connectivity index (χ0n) is 13.1. The summed E-state index contributed by atoms with van der Waals surface area (Å²) in [6.07, 6.45) is 6.76. The predicted octanol–water partition coefficient (Wildman–Crippen LogP) is 3.20. The van der Waals surface area contributed by atoms with Crippen LogP contribution in [0.1, 0.15) is 49.2 Å². The molecule has 0 spiro atoms. The number of unbranched alkanes of at least 4 members (excludes halogenated alkanes) is 3. The molecule has 21 heavy (non-hydrogen) atoms. The van der Waals surface area contributed by atoms with Crippen LogP contribution < -0.4 is 16.4 Å². The van der Waals surface area contributed by atoms with E-state index < -0.39 is 0 Å². The van der Waals surface area contributed by atoms with Gasteiger partial charge in [-0.05, 0) is 38.7 Å². The molecule has 0 aliphatic heterocycles. The van der Waals surface area contributed by atoms with Crippen molar-refractivity contribution in [1.29, 1.82) is 0 Å². The van der Waals surface area contributed by atoms with Gasteiger partial charge >= 0.3 is 0 Å². The summed E-state index contributed by atoms with van der Waals surface area (Å²) in [5, 5.41) is 6.78. The van der Waals surface area contributed by atoms with E-state index in [1.807, 2.05) is 25.6 Å². The number of hydrogen-bond acceptors (Lipinski definition) is 6. The standard InChI is InChI=1S/C14H26N4OS2/c1-10(2)17-14-18-12(15)11(21-14)13(19)16-8-6-4-5-7-9-20-3/h10H,4-9,15H2,1-3H3,(H,16,19)(H,17,18). The molecule has 0 radical (unpaired) electrons. The van der Waals surface area contributed by atoms with Crippen LogP contribution in [0.3, 0.4) is 0 Å². The maximum absolute atomic E-state index is 12.0. The molecule has 0 aliphatic carbocycles. The lowest BCUT2D eigenvalue weighted by molar-refractivity contribution is 0.0957. The first-order chi connectivity index (χ1) is 10.0. The van der Waals surface area contributed by atoms with E-state index >= 15 is 0 Å². The fourth-order valence-corrected chi connectivity index (χ4v) is 3.25. The van der Waals surface area contributed by atoms with Gasteiger partial charge in [-0.25, -0.2) is 4.98 Å². The number of carbonyl (C=O) groups is 1. The predicted molar refractivity (Wildman–Crippen MR) is 94.5 cm³/mol. The highest BCUT2D eigenvalue weighted by Crippen LogP contribution is 2.25. The van der Waals surface area contributed by atoms with Crippen molar-refractivity contribution in [2.75, 3.05) is 29.6 Å². The number of carbonyl (C=O) groups excluding carboxylic acids is 1. The average Bonchev–Trinajstić information content (AvgIpc) is 2.77. The number of aromatic nitrogens is 1. The number of nitrogens with one attached hydrogen (secondary N) is 2. The summed E-state index contributed by atoms with van der Waals surface area (Å²) < 4.78 is 0. The molecule has 0 unspecified atom stereocenters. The van der Waals surface area contributed by atoms with Gasteiger partial charge in [-0.15, -0.1) is 0 Å². The largest absolute Gasteiger partial charge is 0.382 e. The number of thiazole rings is 1. The second kappa shape index (κ2) is 9.89. The summed E-state index contributed by atoms with van der Waals surface area (Å²) in [5.41, 5.74) is 5.80. The monoisotopic (exact) mass is 330 g/mol. The Morgan fingerprint density at radius 3 is 2.71 bits per heavy atom. The van der Waals surface area contributed by atoms with E-state index in [0.717, 1.165) is 12.8 Å². The van der Waals surface area contributed by atoms with E-state index in [9.17, 15) is 4.79 Å². The third-order valence-electron chi connectivity index (χ3n) is 2.83. The molecule has 120 valence electrons. The van der Waals surface area contributed by atoms with Gasteiger partial charge in [0.2, 0.25) is 0 Å². The van der Waals surface area contributed by atoms with Crippen molar-refractivity contribution < 1.29 is 4.79 Å². The minimum Gasteiger partial charge on any atom is -0.382 e. The zero-order chi connectivity index (χ0) is 15.7. The first kappa shape index (κ1) is 18.1. The minimum atomic E-state index is -0.120. The number of hydrogen-bond donors (Lipinski definition) is 3. The van der Waals surface area contributed by atoms with Crippen LogP contribution in [0.2, 0.25) is 0 Å². The van der Waals surface area contributed by atoms with Gasteiger partial charge in [-0.2, -0.15) is 11.8 Å². The van der Waals surface area contributed by atoms with Gasteiger partial charge < -0.3 is 16.4 Å². The third kappa shape index (κ3) is 7.04. The molecular weight excluding hydrogens is 304 g/mol. The Labute approximate surface area is 135 Å². The van der Waals surface area contributed by atoms with E-state index in [2.05, 4.69) is 21.9 Å². The fraction of sp³-hybridized carbons (Fsp3) is 0.714. The highest BCUT2D eigenvalue weighted by atomic mass is 32.2. The normalized spacial score (nSPS) is 10.9. The van der Waals surface area contributed by atoms with Gasteiger partial charge in [-0.1, -0.05) is 24.2 Å². The lowest BCUT2D eigenvalue weighted by atomic mass is 10.2. The van der Waals surface area contributed by atoms with E-state index in [0.29, 0.717) is 22.4 Å². The molecule has 1 heterocycles. The molecule has 0 fully saturated rings.